The first-order chi connectivity index (χ1) is 19.3. The van der Waals surface area contributed by atoms with E-state index >= 15 is 0 Å². The molecule has 2 aliphatic rings. The number of nitro groups is 1. The van der Waals surface area contributed by atoms with Crippen LogP contribution in [0, 0.1) is 10.1 Å². The van der Waals surface area contributed by atoms with Crippen LogP contribution in [0.5, 0.6) is 11.5 Å². The molecule has 1 saturated heterocycles. The lowest BCUT2D eigenvalue weighted by Gasteiger charge is -2.28. The van der Waals surface area contributed by atoms with Crippen LogP contribution in [0.2, 0.25) is 0 Å². The summed E-state index contributed by atoms with van der Waals surface area (Å²) >= 11 is 0. The second-order valence-corrected chi connectivity index (χ2v) is 8.98. The molecule has 3 aromatic carbocycles. The van der Waals surface area contributed by atoms with E-state index in [-0.39, 0.29) is 48.9 Å². The van der Waals surface area contributed by atoms with Gasteiger partial charge in [-0.05, 0) is 55.0 Å². The molecule has 2 heterocycles. The number of carbonyl (C=O) groups is 4. The Labute approximate surface area is 227 Å². The summed E-state index contributed by atoms with van der Waals surface area (Å²) in [6.07, 6.45) is -0.302. The van der Waals surface area contributed by atoms with Crippen LogP contribution in [0.1, 0.15) is 39.6 Å². The third kappa shape index (κ3) is 5.06. The van der Waals surface area contributed by atoms with Crippen LogP contribution in [0.25, 0.3) is 0 Å². The van der Waals surface area contributed by atoms with E-state index in [9.17, 15) is 29.3 Å². The van der Waals surface area contributed by atoms with Crippen LogP contribution in [0.3, 0.4) is 0 Å². The number of hydrogen-bond donors (Lipinski definition) is 0. The second kappa shape index (κ2) is 10.8. The highest BCUT2D eigenvalue weighted by molar-refractivity contribution is 6.23. The van der Waals surface area contributed by atoms with E-state index in [1.54, 1.807) is 25.1 Å². The predicted octanol–water partition coefficient (Wildman–Crippen LogP) is 3.47. The van der Waals surface area contributed by atoms with E-state index in [1.807, 2.05) is 0 Å². The highest BCUT2D eigenvalue weighted by atomic mass is 16.7. The van der Waals surface area contributed by atoms with Gasteiger partial charge in [-0.1, -0.05) is 12.1 Å². The number of benzene rings is 3. The van der Waals surface area contributed by atoms with Crippen molar-refractivity contribution in [3.8, 4) is 11.5 Å². The monoisotopic (exact) mass is 545 g/mol. The molecule has 5 rings (SSSR count). The maximum Gasteiger partial charge on any atom is 0.338 e. The van der Waals surface area contributed by atoms with Gasteiger partial charge in [0.05, 0.1) is 29.2 Å². The first-order valence-electron chi connectivity index (χ1n) is 12.3. The topological polar surface area (TPSA) is 146 Å². The number of ether oxygens (including phenoxy) is 3. The van der Waals surface area contributed by atoms with Gasteiger partial charge in [0.15, 0.2) is 11.5 Å². The van der Waals surface area contributed by atoms with Crippen LogP contribution >= 0.6 is 0 Å². The third-order valence-electron chi connectivity index (χ3n) is 6.49. The van der Waals surface area contributed by atoms with Gasteiger partial charge in [0.1, 0.15) is 6.04 Å². The largest absolute Gasteiger partial charge is 0.462 e. The SMILES string of the molecule is CCOC(=O)c1ccc(N2C(=O)CC(N(Cc3ccc4c(c3)OCO4)C(=O)c3cccc([N+](=O)[O-])c3)C2=O)cc1. The second-order valence-electron chi connectivity index (χ2n) is 8.98. The smallest absolute Gasteiger partial charge is 0.338 e. The van der Waals surface area contributed by atoms with Crippen molar-refractivity contribution in [1.29, 1.82) is 0 Å². The molecule has 0 radical (unpaired) electrons. The standard InChI is InChI=1S/C28H23N3O9/c1-2-38-28(35)18-7-9-20(10-8-18)30-25(32)14-22(27(30)34)29(15-17-6-11-23-24(12-17)40-16-39-23)26(33)19-4-3-5-21(13-19)31(36)37/h3-13,22H,2,14-16H2,1H3. The Morgan fingerprint density at radius 3 is 2.50 bits per heavy atom. The molecule has 0 aromatic heterocycles. The number of esters is 1. The molecule has 3 aromatic rings. The van der Waals surface area contributed by atoms with Crippen molar-refractivity contribution < 1.29 is 38.3 Å². The van der Waals surface area contributed by atoms with Gasteiger partial charge in [0.2, 0.25) is 12.7 Å². The van der Waals surface area contributed by atoms with Crippen LogP contribution in [-0.4, -0.2) is 53.0 Å². The fraction of sp³-hybridized carbons (Fsp3) is 0.214. The molecule has 0 bridgehead atoms. The lowest BCUT2D eigenvalue weighted by Crippen LogP contribution is -2.45. The van der Waals surface area contributed by atoms with E-state index < -0.39 is 34.7 Å². The Hall–Kier alpha value is -5.26. The first kappa shape index (κ1) is 26.4. The molecule has 0 spiro atoms. The number of amides is 3. The molecule has 204 valence electrons. The highest BCUT2D eigenvalue weighted by Crippen LogP contribution is 2.34. The van der Waals surface area contributed by atoms with E-state index in [4.69, 9.17) is 14.2 Å². The van der Waals surface area contributed by atoms with Gasteiger partial charge < -0.3 is 19.1 Å². The summed E-state index contributed by atoms with van der Waals surface area (Å²) in [5.41, 5.74) is 0.793. The van der Waals surface area contributed by atoms with Gasteiger partial charge in [-0.15, -0.1) is 0 Å². The normalized spacial score (nSPS) is 15.7. The minimum Gasteiger partial charge on any atom is -0.462 e. The molecular weight excluding hydrogens is 522 g/mol. The van der Waals surface area contributed by atoms with Gasteiger partial charge in [0, 0.05) is 24.2 Å². The van der Waals surface area contributed by atoms with Crippen LogP contribution < -0.4 is 14.4 Å². The quantitative estimate of drug-likeness (QED) is 0.180. The Morgan fingerprint density at radius 2 is 1.77 bits per heavy atom. The van der Waals surface area contributed by atoms with E-state index in [0.717, 1.165) is 11.0 Å². The van der Waals surface area contributed by atoms with Crippen LogP contribution in [0.4, 0.5) is 11.4 Å². The van der Waals surface area contributed by atoms with Crippen molar-refractivity contribution in [2.24, 2.45) is 0 Å². The molecule has 1 unspecified atom stereocenters. The van der Waals surface area contributed by atoms with Crippen molar-refractivity contribution in [3.05, 3.63) is 93.5 Å². The van der Waals surface area contributed by atoms with E-state index in [2.05, 4.69) is 0 Å². The number of anilines is 1. The lowest BCUT2D eigenvalue weighted by atomic mass is 10.1. The summed E-state index contributed by atoms with van der Waals surface area (Å²) in [6.45, 7) is 1.84. The molecule has 12 heteroatoms. The average Bonchev–Trinajstić information content (AvgIpc) is 3.54. The number of carbonyl (C=O) groups excluding carboxylic acids is 4. The Morgan fingerprint density at radius 1 is 1.02 bits per heavy atom. The number of fused-ring (bicyclic) bond motifs is 1. The predicted molar refractivity (Wildman–Crippen MR) is 139 cm³/mol. The molecular formula is C28H23N3O9. The molecule has 12 nitrogen and oxygen atoms in total. The van der Waals surface area contributed by atoms with Gasteiger partial charge in [-0.25, -0.2) is 9.69 Å². The summed E-state index contributed by atoms with van der Waals surface area (Å²) in [5.74, 6) is -1.38. The summed E-state index contributed by atoms with van der Waals surface area (Å²) in [6, 6.07) is 14.8. The minimum absolute atomic E-state index is 0.00701. The van der Waals surface area contributed by atoms with Gasteiger partial charge in [-0.3, -0.25) is 24.5 Å². The molecule has 0 saturated carbocycles. The number of nitrogens with zero attached hydrogens (tertiary/aromatic N) is 3. The summed E-state index contributed by atoms with van der Waals surface area (Å²) in [5, 5.41) is 11.3. The fourth-order valence-electron chi connectivity index (χ4n) is 4.57. The third-order valence-corrected chi connectivity index (χ3v) is 6.49. The lowest BCUT2D eigenvalue weighted by molar-refractivity contribution is -0.384. The fourth-order valence-corrected chi connectivity index (χ4v) is 4.57. The molecule has 40 heavy (non-hydrogen) atoms. The van der Waals surface area contributed by atoms with Crippen LogP contribution in [0.15, 0.2) is 66.7 Å². The van der Waals surface area contributed by atoms with Crippen molar-refractivity contribution in [2.75, 3.05) is 18.3 Å². The Balaban J connectivity index is 1.47. The van der Waals surface area contributed by atoms with Gasteiger partial charge in [-0.2, -0.15) is 0 Å². The van der Waals surface area contributed by atoms with E-state index in [0.29, 0.717) is 17.1 Å². The zero-order chi connectivity index (χ0) is 28.4. The zero-order valence-electron chi connectivity index (χ0n) is 21.3. The van der Waals surface area contributed by atoms with Crippen molar-refractivity contribution in [2.45, 2.75) is 25.9 Å². The molecule has 1 atom stereocenters. The van der Waals surface area contributed by atoms with E-state index in [1.165, 1.54) is 47.4 Å². The average molecular weight is 546 g/mol. The zero-order valence-corrected chi connectivity index (χ0v) is 21.3. The molecule has 1 fully saturated rings. The van der Waals surface area contributed by atoms with Crippen molar-refractivity contribution in [3.63, 3.8) is 0 Å². The summed E-state index contributed by atoms with van der Waals surface area (Å²) in [4.78, 5) is 65.3. The maximum absolute atomic E-state index is 13.7. The number of rotatable bonds is 8. The molecule has 3 amide bonds. The highest BCUT2D eigenvalue weighted by Gasteiger charge is 2.44. The maximum atomic E-state index is 13.7. The molecule has 0 N–H and O–H groups in total. The number of nitro benzene ring substituents is 1. The number of hydrogen-bond acceptors (Lipinski definition) is 9. The Kier molecular flexibility index (Phi) is 7.15. The number of non-ortho nitro benzene ring substituents is 1. The van der Waals surface area contributed by atoms with Gasteiger partial charge in [0.25, 0.3) is 17.5 Å². The number of imide groups is 1. The molecule has 0 aliphatic carbocycles. The Bertz CT molecular complexity index is 1520. The van der Waals surface area contributed by atoms with Crippen molar-refractivity contribution in [1.82, 2.24) is 4.90 Å². The minimum atomic E-state index is -1.19. The summed E-state index contributed by atoms with van der Waals surface area (Å²) in [7, 11) is 0. The first-order valence-corrected chi connectivity index (χ1v) is 12.3. The molecule has 2 aliphatic heterocycles. The summed E-state index contributed by atoms with van der Waals surface area (Å²) < 4.78 is 15.7. The van der Waals surface area contributed by atoms with Gasteiger partial charge >= 0.3 is 5.97 Å². The van der Waals surface area contributed by atoms with Crippen LogP contribution in [-0.2, 0) is 20.9 Å². The van der Waals surface area contributed by atoms with Crippen molar-refractivity contribution >= 4 is 35.1 Å².